The fourth-order valence-corrected chi connectivity index (χ4v) is 2.78. The van der Waals surface area contributed by atoms with Crippen LogP contribution in [0.25, 0.3) is 0 Å². The zero-order chi connectivity index (χ0) is 13.0. The molecule has 0 amide bonds. The molecule has 0 unspecified atom stereocenters. The largest absolute Gasteiger partial charge is 0.371 e. The van der Waals surface area contributed by atoms with E-state index in [1.807, 2.05) is 0 Å². The third-order valence-corrected chi connectivity index (χ3v) is 3.77. The highest BCUT2D eigenvalue weighted by atomic mass is 19.1. The van der Waals surface area contributed by atoms with Crippen LogP contribution in [0.15, 0.2) is 18.2 Å². The van der Waals surface area contributed by atoms with E-state index in [0.29, 0.717) is 5.56 Å². The zero-order valence-corrected chi connectivity index (χ0v) is 10.9. The molecule has 1 heterocycles. The van der Waals surface area contributed by atoms with Crippen LogP contribution in [0.2, 0.25) is 0 Å². The Morgan fingerprint density at radius 3 is 2.72 bits per heavy atom. The number of aldehydes is 1. The van der Waals surface area contributed by atoms with Crippen LogP contribution in [-0.4, -0.2) is 19.4 Å². The van der Waals surface area contributed by atoms with Crippen molar-refractivity contribution >= 4 is 12.0 Å². The molecule has 1 saturated heterocycles. The van der Waals surface area contributed by atoms with Crippen molar-refractivity contribution in [1.82, 2.24) is 0 Å². The molecule has 3 heteroatoms. The molecule has 1 aromatic rings. The van der Waals surface area contributed by atoms with Crippen LogP contribution in [0.5, 0.6) is 0 Å². The molecule has 1 fully saturated rings. The monoisotopic (exact) mass is 249 g/mol. The lowest BCUT2D eigenvalue weighted by molar-refractivity contribution is 0.112. The van der Waals surface area contributed by atoms with Gasteiger partial charge in [0.05, 0.1) is 0 Å². The van der Waals surface area contributed by atoms with E-state index >= 15 is 0 Å². The number of carbonyl (C=O) groups excluding carboxylic acids is 1. The number of carbonyl (C=O) groups is 1. The highest BCUT2D eigenvalue weighted by Crippen LogP contribution is 2.28. The van der Waals surface area contributed by atoms with Gasteiger partial charge in [0.1, 0.15) is 5.82 Å². The number of rotatable bonds is 4. The van der Waals surface area contributed by atoms with E-state index in [4.69, 9.17) is 0 Å². The number of halogens is 1. The average molecular weight is 249 g/mol. The molecule has 2 rings (SSSR count). The second-order valence-electron chi connectivity index (χ2n) is 5.04. The molecule has 2 nitrogen and oxygen atoms in total. The standard InChI is InChI=1S/C15H20FNO/c1-2-3-12-6-8-17(9-7-12)15-5-4-14(16)10-13(15)11-18/h4-5,10-12H,2-3,6-9H2,1H3. The molecule has 1 aliphatic heterocycles. The Bertz CT molecular complexity index is 411. The molecule has 0 saturated carbocycles. The van der Waals surface area contributed by atoms with Crippen molar-refractivity contribution in [1.29, 1.82) is 0 Å². The lowest BCUT2D eigenvalue weighted by atomic mass is 9.92. The number of nitrogens with zero attached hydrogens (tertiary/aromatic N) is 1. The van der Waals surface area contributed by atoms with Gasteiger partial charge in [0, 0.05) is 24.3 Å². The van der Waals surface area contributed by atoms with Crippen molar-refractivity contribution in [3.05, 3.63) is 29.6 Å². The summed E-state index contributed by atoms with van der Waals surface area (Å²) in [7, 11) is 0. The van der Waals surface area contributed by atoms with Crippen LogP contribution in [0, 0.1) is 11.7 Å². The van der Waals surface area contributed by atoms with Gasteiger partial charge in [-0.15, -0.1) is 0 Å². The predicted molar refractivity (Wildman–Crippen MR) is 71.6 cm³/mol. The summed E-state index contributed by atoms with van der Waals surface area (Å²) in [6.45, 7) is 4.16. The Hall–Kier alpha value is -1.38. The van der Waals surface area contributed by atoms with Gasteiger partial charge in [-0.25, -0.2) is 4.39 Å². The van der Waals surface area contributed by atoms with Gasteiger partial charge >= 0.3 is 0 Å². The number of anilines is 1. The van der Waals surface area contributed by atoms with Gasteiger partial charge in [-0.3, -0.25) is 4.79 Å². The Labute approximate surface area is 108 Å². The van der Waals surface area contributed by atoms with E-state index in [9.17, 15) is 9.18 Å². The fraction of sp³-hybridized carbons (Fsp3) is 0.533. The molecule has 0 aromatic heterocycles. The van der Waals surface area contributed by atoms with E-state index in [2.05, 4.69) is 11.8 Å². The minimum absolute atomic E-state index is 0.346. The van der Waals surface area contributed by atoms with Gasteiger partial charge < -0.3 is 4.90 Å². The fourth-order valence-electron chi connectivity index (χ4n) is 2.78. The van der Waals surface area contributed by atoms with Crippen molar-refractivity contribution < 1.29 is 9.18 Å². The second kappa shape index (κ2) is 5.98. The Kier molecular flexibility index (Phi) is 4.34. The molecule has 0 N–H and O–H groups in total. The van der Waals surface area contributed by atoms with Gasteiger partial charge in [-0.2, -0.15) is 0 Å². The highest BCUT2D eigenvalue weighted by Gasteiger charge is 2.20. The number of piperidine rings is 1. The van der Waals surface area contributed by atoms with Crippen molar-refractivity contribution in [3.63, 3.8) is 0 Å². The third kappa shape index (κ3) is 2.89. The maximum atomic E-state index is 13.1. The van der Waals surface area contributed by atoms with Crippen LogP contribution in [-0.2, 0) is 0 Å². The van der Waals surface area contributed by atoms with Gasteiger partial charge in [0.15, 0.2) is 6.29 Å². The summed E-state index contributed by atoms with van der Waals surface area (Å²) in [6.07, 6.45) is 5.61. The maximum Gasteiger partial charge on any atom is 0.152 e. The molecule has 18 heavy (non-hydrogen) atoms. The SMILES string of the molecule is CCCC1CCN(c2ccc(F)cc2C=O)CC1. The number of hydrogen-bond donors (Lipinski definition) is 0. The number of hydrogen-bond acceptors (Lipinski definition) is 2. The molecule has 0 spiro atoms. The molecule has 0 bridgehead atoms. The molecular weight excluding hydrogens is 229 g/mol. The minimum atomic E-state index is -0.346. The van der Waals surface area contributed by atoms with Gasteiger partial charge in [0.25, 0.3) is 0 Å². The van der Waals surface area contributed by atoms with Crippen LogP contribution >= 0.6 is 0 Å². The highest BCUT2D eigenvalue weighted by molar-refractivity contribution is 5.84. The molecule has 0 radical (unpaired) electrons. The van der Waals surface area contributed by atoms with Crippen LogP contribution in [0.3, 0.4) is 0 Å². The second-order valence-corrected chi connectivity index (χ2v) is 5.04. The molecule has 0 aliphatic carbocycles. The molecule has 98 valence electrons. The Balaban J connectivity index is 2.07. The molecular formula is C15H20FNO. The van der Waals surface area contributed by atoms with E-state index in [-0.39, 0.29) is 5.82 Å². The summed E-state index contributed by atoms with van der Waals surface area (Å²) in [4.78, 5) is 13.2. The van der Waals surface area contributed by atoms with Crippen LogP contribution in [0.1, 0.15) is 43.0 Å². The molecule has 1 aromatic carbocycles. The first kappa shape index (κ1) is 13.1. The first-order valence-electron chi connectivity index (χ1n) is 6.74. The smallest absolute Gasteiger partial charge is 0.152 e. The lowest BCUT2D eigenvalue weighted by Crippen LogP contribution is -2.34. The topological polar surface area (TPSA) is 20.3 Å². The van der Waals surface area contributed by atoms with E-state index < -0.39 is 0 Å². The number of benzene rings is 1. The van der Waals surface area contributed by atoms with Crippen molar-refractivity contribution in [2.45, 2.75) is 32.6 Å². The Morgan fingerprint density at radius 2 is 2.11 bits per heavy atom. The molecule has 0 atom stereocenters. The summed E-state index contributed by atoms with van der Waals surface area (Å²) >= 11 is 0. The first-order chi connectivity index (χ1) is 8.74. The minimum Gasteiger partial charge on any atom is -0.371 e. The summed E-state index contributed by atoms with van der Waals surface area (Å²) < 4.78 is 13.1. The summed E-state index contributed by atoms with van der Waals surface area (Å²) in [5.41, 5.74) is 1.34. The quantitative estimate of drug-likeness (QED) is 0.759. The normalized spacial score (nSPS) is 16.9. The van der Waals surface area contributed by atoms with Gasteiger partial charge in [-0.1, -0.05) is 19.8 Å². The van der Waals surface area contributed by atoms with E-state index in [1.165, 1.54) is 37.8 Å². The van der Waals surface area contributed by atoms with Crippen LogP contribution in [0.4, 0.5) is 10.1 Å². The third-order valence-electron chi connectivity index (χ3n) is 3.77. The maximum absolute atomic E-state index is 13.1. The van der Waals surface area contributed by atoms with Crippen molar-refractivity contribution in [2.75, 3.05) is 18.0 Å². The van der Waals surface area contributed by atoms with E-state index in [0.717, 1.165) is 31.0 Å². The van der Waals surface area contributed by atoms with Crippen LogP contribution < -0.4 is 4.90 Å². The Morgan fingerprint density at radius 1 is 1.39 bits per heavy atom. The average Bonchev–Trinajstić information content (AvgIpc) is 2.40. The zero-order valence-electron chi connectivity index (χ0n) is 10.9. The van der Waals surface area contributed by atoms with Crippen molar-refractivity contribution in [3.8, 4) is 0 Å². The summed E-state index contributed by atoms with van der Waals surface area (Å²) in [5.74, 6) is 0.466. The first-order valence-corrected chi connectivity index (χ1v) is 6.74. The predicted octanol–water partition coefficient (Wildman–Crippen LogP) is 3.65. The van der Waals surface area contributed by atoms with Crippen molar-refractivity contribution in [2.24, 2.45) is 5.92 Å². The van der Waals surface area contributed by atoms with Gasteiger partial charge in [0.2, 0.25) is 0 Å². The van der Waals surface area contributed by atoms with Gasteiger partial charge in [-0.05, 0) is 37.0 Å². The molecule has 1 aliphatic rings. The van der Waals surface area contributed by atoms with E-state index in [1.54, 1.807) is 6.07 Å². The lowest BCUT2D eigenvalue weighted by Gasteiger charge is -2.34. The summed E-state index contributed by atoms with van der Waals surface area (Å²) in [6, 6.07) is 4.47. The summed E-state index contributed by atoms with van der Waals surface area (Å²) in [5, 5.41) is 0.